The Bertz CT molecular complexity index is 827. The molecule has 2 aromatic heterocycles. The van der Waals surface area contributed by atoms with E-state index in [4.69, 9.17) is 4.74 Å². The molecule has 0 radical (unpaired) electrons. The predicted molar refractivity (Wildman–Crippen MR) is 93.5 cm³/mol. The largest absolute Gasteiger partial charge is 0.486 e. The first kappa shape index (κ1) is 16.2. The molecule has 0 saturated heterocycles. The van der Waals surface area contributed by atoms with Crippen molar-refractivity contribution < 1.29 is 9.53 Å². The van der Waals surface area contributed by atoms with Gasteiger partial charge in [0.05, 0.1) is 4.88 Å². The van der Waals surface area contributed by atoms with Crippen LogP contribution in [0.4, 0.5) is 5.69 Å². The Hall–Kier alpha value is -2.67. The van der Waals surface area contributed by atoms with E-state index < -0.39 is 0 Å². The number of carbonyl (C=O) groups is 1. The lowest BCUT2D eigenvalue weighted by Crippen LogP contribution is -2.10. The fraction of sp³-hybridized carbons (Fsp3) is 0.235. The highest BCUT2D eigenvalue weighted by Crippen LogP contribution is 2.20. The molecule has 3 rings (SSSR count). The van der Waals surface area contributed by atoms with E-state index in [2.05, 4.69) is 15.5 Å². The summed E-state index contributed by atoms with van der Waals surface area (Å²) < 4.78 is 7.79. The van der Waals surface area contributed by atoms with Crippen LogP contribution in [-0.4, -0.2) is 20.7 Å². The summed E-state index contributed by atoms with van der Waals surface area (Å²) in [6.07, 6.45) is 0. The van der Waals surface area contributed by atoms with E-state index in [1.54, 1.807) is 12.1 Å². The van der Waals surface area contributed by atoms with Gasteiger partial charge >= 0.3 is 0 Å². The first-order chi connectivity index (χ1) is 11.7. The normalized spacial score (nSPS) is 10.6. The number of hydrogen-bond acceptors (Lipinski definition) is 5. The molecule has 0 saturated carbocycles. The van der Waals surface area contributed by atoms with E-state index >= 15 is 0 Å². The van der Waals surface area contributed by atoms with Gasteiger partial charge in [-0.25, -0.2) is 0 Å². The van der Waals surface area contributed by atoms with Gasteiger partial charge in [0.15, 0.2) is 5.82 Å². The molecule has 1 N–H and O–H groups in total. The van der Waals surface area contributed by atoms with Crippen LogP contribution in [0.15, 0.2) is 41.8 Å². The minimum Gasteiger partial charge on any atom is -0.486 e. The standard InChI is InChI=1S/C17H18N4O2S/c1-3-21-12(2)19-20-16(21)11-23-14-7-4-6-13(10-14)18-17(22)15-8-5-9-24-15/h4-10H,3,11H2,1-2H3,(H,18,22). The molecule has 124 valence electrons. The van der Waals surface area contributed by atoms with Gasteiger partial charge in [-0.05, 0) is 37.4 Å². The molecule has 0 bridgehead atoms. The van der Waals surface area contributed by atoms with E-state index in [0.717, 1.165) is 18.2 Å². The molecule has 0 aliphatic heterocycles. The lowest BCUT2D eigenvalue weighted by molar-refractivity contribution is 0.103. The Morgan fingerprint density at radius 3 is 2.92 bits per heavy atom. The number of nitrogens with one attached hydrogen (secondary N) is 1. The van der Waals surface area contributed by atoms with Crippen molar-refractivity contribution in [1.29, 1.82) is 0 Å². The Morgan fingerprint density at radius 1 is 1.29 bits per heavy atom. The number of ether oxygens (including phenoxy) is 1. The van der Waals surface area contributed by atoms with Crippen LogP contribution in [0.1, 0.15) is 28.2 Å². The Labute approximate surface area is 144 Å². The van der Waals surface area contributed by atoms with Crippen molar-refractivity contribution in [1.82, 2.24) is 14.8 Å². The number of aromatic nitrogens is 3. The SMILES string of the molecule is CCn1c(C)nnc1COc1cccc(NC(=O)c2cccs2)c1. The molecule has 0 aliphatic carbocycles. The molecule has 24 heavy (non-hydrogen) atoms. The number of rotatable bonds is 6. The molecule has 3 aromatic rings. The smallest absolute Gasteiger partial charge is 0.265 e. The number of benzene rings is 1. The summed E-state index contributed by atoms with van der Waals surface area (Å²) in [5.74, 6) is 2.20. The minimum atomic E-state index is -0.122. The molecular weight excluding hydrogens is 324 g/mol. The highest BCUT2D eigenvalue weighted by atomic mass is 32.1. The van der Waals surface area contributed by atoms with Crippen molar-refractivity contribution in [2.75, 3.05) is 5.32 Å². The highest BCUT2D eigenvalue weighted by molar-refractivity contribution is 7.12. The van der Waals surface area contributed by atoms with Crippen LogP contribution in [0.5, 0.6) is 5.75 Å². The summed E-state index contributed by atoms with van der Waals surface area (Å²) in [7, 11) is 0. The molecule has 0 aliphatic rings. The van der Waals surface area contributed by atoms with Gasteiger partial charge in [-0.3, -0.25) is 4.79 Å². The predicted octanol–water partition coefficient (Wildman–Crippen LogP) is 3.50. The minimum absolute atomic E-state index is 0.122. The van der Waals surface area contributed by atoms with Crippen LogP contribution in [0.2, 0.25) is 0 Å². The third-order valence-corrected chi connectivity index (χ3v) is 4.40. The number of thiophene rings is 1. The highest BCUT2D eigenvalue weighted by Gasteiger charge is 2.09. The summed E-state index contributed by atoms with van der Waals surface area (Å²) in [6.45, 7) is 5.09. The monoisotopic (exact) mass is 342 g/mol. The average molecular weight is 342 g/mol. The summed E-state index contributed by atoms with van der Waals surface area (Å²) in [5.41, 5.74) is 0.694. The molecule has 6 nitrogen and oxygen atoms in total. The van der Waals surface area contributed by atoms with Crippen LogP contribution in [0, 0.1) is 6.92 Å². The summed E-state index contributed by atoms with van der Waals surface area (Å²) in [4.78, 5) is 12.8. The molecule has 0 atom stereocenters. The zero-order valence-corrected chi connectivity index (χ0v) is 14.3. The van der Waals surface area contributed by atoms with Gasteiger partial charge in [0.1, 0.15) is 18.2 Å². The third kappa shape index (κ3) is 3.62. The fourth-order valence-corrected chi connectivity index (χ4v) is 2.97. The maximum Gasteiger partial charge on any atom is 0.265 e. The molecule has 2 heterocycles. The number of aryl methyl sites for hydroxylation is 1. The van der Waals surface area contributed by atoms with E-state index in [9.17, 15) is 4.79 Å². The van der Waals surface area contributed by atoms with Gasteiger partial charge in [-0.15, -0.1) is 21.5 Å². The molecule has 0 fully saturated rings. The lowest BCUT2D eigenvalue weighted by Gasteiger charge is -2.09. The number of anilines is 1. The fourth-order valence-electron chi connectivity index (χ4n) is 2.35. The quantitative estimate of drug-likeness (QED) is 0.744. The number of nitrogens with zero attached hydrogens (tertiary/aromatic N) is 3. The summed E-state index contributed by atoms with van der Waals surface area (Å²) in [5, 5.41) is 12.9. The number of carbonyl (C=O) groups excluding carboxylic acids is 1. The van der Waals surface area contributed by atoms with E-state index in [0.29, 0.717) is 22.9 Å². The van der Waals surface area contributed by atoms with E-state index in [1.807, 2.05) is 48.1 Å². The van der Waals surface area contributed by atoms with Crippen molar-refractivity contribution in [3.63, 3.8) is 0 Å². The van der Waals surface area contributed by atoms with Crippen LogP contribution < -0.4 is 10.1 Å². The van der Waals surface area contributed by atoms with Gasteiger partial charge < -0.3 is 14.6 Å². The molecule has 0 spiro atoms. The topological polar surface area (TPSA) is 69.0 Å². The summed E-state index contributed by atoms with van der Waals surface area (Å²) >= 11 is 1.41. The Morgan fingerprint density at radius 2 is 2.17 bits per heavy atom. The molecule has 1 amide bonds. The van der Waals surface area contributed by atoms with Crippen molar-refractivity contribution in [3.8, 4) is 5.75 Å². The maximum absolute atomic E-state index is 12.1. The maximum atomic E-state index is 12.1. The molecule has 1 aromatic carbocycles. The second kappa shape index (κ2) is 7.27. The van der Waals surface area contributed by atoms with Crippen molar-refractivity contribution in [3.05, 3.63) is 58.3 Å². The van der Waals surface area contributed by atoms with Crippen molar-refractivity contribution >= 4 is 22.9 Å². The van der Waals surface area contributed by atoms with E-state index in [-0.39, 0.29) is 5.91 Å². The third-order valence-electron chi connectivity index (χ3n) is 3.53. The van der Waals surface area contributed by atoms with Crippen LogP contribution in [0.3, 0.4) is 0 Å². The van der Waals surface area contributed by atoms with Crippen LogP contribution in [-0.2, 0) is 13.2 Å². The first-order valence-corrected chi connectivity index (χ1v) is 8.51. The second-order valence-corrected chi connectivity index (χ2v) is 6.10. The van der Waals surface area contributed by atoms with Gasteiger partial charge in [0, 0.05) is 18.3 Å². The summed E-state index contributed by atoms with van der Waals surface area (Å²) in [6, 6.07) is 11.0. The second-order valence-electron chi connectivity index (χ2n) is 5.16. The lowest BCUT2D eigenvalue weighted by atomic mass is 10.3. The van der Waals surface area contributed by atoms with Crippen molar-refractivity contribution in [2.24, 2.45) is 0 Å². The molecule has 7 heteroatoms. The first-order valence-electron chi connectivity index (χ1n) is 7.63. The average Bonchev–Trinajstić information content (AvgIpc) is 3.23. The Kier molecular flexibility index (Phi) is 4.90. The number of hydrogen-bond donors (Lipinski definition) is 1. The molecule has 0 unspecified atom stereocenters. The van der Waals surface area contributed by atoms with Gasteiger partial charge in [0.2, 0.25) is 0 Å². The van der Waals surface area contributed by atoms with Crippen LogP contribution >= 0.6 is 11.3 Å². The van der Waals surface area contributed by atoms with Crippen molar-refractivity contribution in [2.45, 2.75) is 27.0 Å². The molecular formula is C17H18N4O2S. The zero-order chi connectivity index (χ0) is 16.9. The van der Waals surface area contributed by atoms with E-state index in [1.165, 1.54) is 11.3 Å². The Balaban J connectivity index is 1.66. The van der Waals surface area contributed by atoms with Gasteiger partial charge in [-0.1, -0.05) is 12.1 Å². The van der Waals surface area contributed by atoms with Gasteiger partial charge in [-0.2, -0.15) is 0 Å². The van der Waals surface area contributed by atoms with Gasteiger partial charge in [0.25, 0.3) is 5.91 Å². The van der Waals surface area contributed by atoms with Crippen LogP contribution in [0.25, 0.3) is 0 Å². The zero-order valence-electron chi connectivity index (χ0n) is 13.5. The number of amides is 1.